The molecule has 0 fully saturated rings. The van der Waals surface area contributed by atoms with Gasteiger partial charge < -0.3 is 9.84 Å². The Balaban J connectivity index is 2.36. The van der Waals surface area contributed by atoms with E-state index in [0.29, 0.717) is 11.1 Å². The minimum Gasteiger partial charge on any atom is -0.495 e. The number of halogens is 3. The highest BCUT2D eigenvalue weighted by molar-refractivity contribution is 9.10. The second-order valence-electron chi connectivity index (χ2n) is 3.78. The molecule has 0 amide bonds. The number of hydrogen-bond donors (Lipinski definition) is 1. The Hall–Kier alpha value is -0.940. The maximum atomic E-state index is 13.6. The molecule has 2 nitrogen and oxygen atoms in total. The summed E-state index contributed by atoms with van der Waals surface area (Å²) in [4.78, 5) is 0. The van der Waals surface area contributed by atoms with E-state index in [4.69, 9.17) is 4.74 Å². The molecule has 0 radical (unpaired) electrons. The number of hydrogen-bond acceptors (Lipinski definition) is 2. The highest BCUT2D eigenvalue weighted by atomic mass is 79.9. The monoisotopic (exact) mass is 304 g/mol. The Morgan fingerprint density at radius 3 is 2.47 bits per heavy atom. The predicted molar refractivity (Wildman–Crippen MR) is 62.3 cm³/mol. The molecule has 1 atom stereocenters. The van der Waals surface area contributed by atoms with Gasteiger partial charge in [-0.25, -0.2) is 8.78 Å². The summed E-state index contributed by atoms with van der Waals surface area (Å²) in [5, 5.41) is 9.91. The molecular formula is C12H11BrF2O2. The van der Waals surface area contributed by atoms with Gasteiger partial charge >= 0.3 is 0 Å². The van der Waals surface area contributed by atoms with Crippen LogP contribution in [0, 0.1) is 11.6 Å². The highest BCUT2D eigenvalue weighted by Crippen LogP contribution is 2.31. The smallest absolute Gasteiger partial charge is 0.141 e. The molecule has 5 heteroatoms. The first-order valence-corrected chi connectivity index (χ1v) is 6.04. The number of allylic oxidation sites excluding steroid dienone is 1. The van der Waals surface area contributed by atoms with Crippen LogP contribution >= 0.6 is 15.9 Å². The predicted octanol–water partition coefficient (Wildman–Crippen LogP) is 3.46. The van der Waals surface area contributed by atoms with E-state index in [-0.39, 0.29) is 11.3 Å². The van der Waals surface area contributed by atoms with Gasteiger partial charge in [-0.1, -0.05) is 15.9 Å². The molecule has 1 unspecified atom stereocenters. The summed E-state index contributed by atoms with van der Waals surface area (Å²) >= 11 is 2.98. The van der Waals surface area contributed by atoms with Gasteiger partial charge in [-0.3, -0.25) is 0 Å². The zero-order chi connectivity index (χ0) is 12.4. The maximum Gasteiger partial charge on any atom is 0.141 e. The van der Waals surface area contributed by atoms with E-state index >= 15 is 0 Å². The minimum absolute atomic E-state index is 0.219. The summed E-state index contributed by atoms with van der Waals surface area (Å²) in [5.74, 6) is -1.37. The molecule has 0 bridgehead atoms. The van der Waals surface area contributed by atoms with Gasteiger partial charge in [0.2, 0.25) is 0 Å². The van der Waals surface area contributed by atoms with E-state index in [2.05, 4.69) is 15.9 Å². The van der Waals surface area contributed by atoms with Crippen LogP contribution in [0.25, 0.3) is 0 Å². The average Bonchev–Trinajstić information content (AvgIpc) is 2.28. The lowest BCUT2D eigenvalue weighted by Crippen LogP contribution is -2.12. The van der Waals surface area contributed by atoms with Crippen LogP contribution in [0.2, 0.25) is 0 Å². The van der Waals surface area contributed by atoms with Crippen LogP contribution in [0.4, 0.5) is 8.78 Å². The summed E-state index contributed by atoms with van der Waals surface area (Å²) in [6.07, 6.45) is 1.87. The van der Waals surface area contributed by atoms with E-state index in [1.807, 2.05) is 0 Å². The standard InChI is InChI=1S/C12H11BrF2O2/c13-7-5-8(14)11(9(15)6-7)12(16)10-3-1-2-4-17-10/h3,5-6,12,16H,1-2,4H2. The SMILES string of the molecule is OC(C1=CCCCO1)c1c(F)cc(Br)cc1F. The van der Waals surface area contributed by atoms with Crippen molar-refractivity contribution in [1.29, 1.82) is 0 Å². The summed E-state index contributed by atoms with van der Waals surface area (Å²) in [6, 6.07) is 2.23. The molecule has 0 aliphatic carbocycles. The van der Waals surface area contributed by atoms with Crippen molar-refractivity contribution >= 4 is 15.9 Å². The molecule has 1 aromatic rings. The van der Waals surface area contributed by atoms with Crippen molar-refractivity contribution in [3.05, 3.63) is 45.6 Å². The lowest BCUT2D eigenvalue weighted by Gasteiger charge is -2.20. The molecule has 92 valence electrons. The Kier molecular flexibility index (Phi) is 3.79. The molecule has 2 rings (SSSR count). The fourth-order valence-electron chi connectivity index (χ4n) is 1.72. The van der Waals surface area contributed by atoms with Gasteiger partial charge in [-0.05, 0) is 31.1 Å². The van der Waals surface area contributed by atoms with Crippen LogP contribution in [0.5, 0.6) is 0 Å². The molecule has 17 heavy (non-hydrogen) atoms. The van der Waals surface area contributed by atoms with E-state index in [1.165, 1.54) is 0 Å². The molecule has 1 aromatic carbocycles. The molecule has 0 saturated heterocycles. The van der Waals surface area contributed by atoms with Crippen molar-refractivity contribution < 1.29 is 18.6 Å². The van der Waals surface area contributed by atoms with Crippen molar-refractivity contribution in [3.63, 3.8) is 0 Å². The molecule has 0 saturated carbocycles. The third-order valence-corrected chi connectivity index (χ3v) is 3.01. The molecule has 0 aromatic heterocycles. The first kappa shape index (κ1) is 12.5. The Morgan fingerprint density at radius 2 is 1.94 bits per heavy atom. The topological polar surface area (TPSA) is 29.5 Å². The number of rotatable bonds is 2. The zero-order valence-corrected chi connectivity index (χ0v) is 10.5. The fraction of sp³-hybridized carbons (Fsp3) is 0.333. The molecular weight excluding hydrogens is 294 g/mol. The van der Waals surface area contributed by atoms with Gasteiger partial charge in [0.25, 0.3) is 0 Å². The lowest BCUT2D eigenvalue weighted by molar-refractivity contribution is 0.0874. The maximum absolute atomic E-state index is 13.6. The van der Waals surface area contributed by atoms with E-state index in [9.17, 15) is 13.9 Å². The van der Waals surface area contributed by atoms with Crippen molar-refractivity contribution in [1.82, 2.24) is 0 Å². The Morgan fingerprint density at radius 1 is 1.29 bits per heavy atom. The fourth-order valence-corrected chi connectivity index (χ4v) is 2.13. The van der Waals surface area contributed by atoms with Gasteiger partial charge in [-0.2, -0.15) is 0 Å². The number of benzene rings is 1. The highest BCUT2D eigenvalue weighted by Gasteiger charge is 2.24. The van der Waals surface area contributed by atoms with Crippen LogP contribution in [0.3, 0.4) is 0 Å². The van der Waals surface area contributed by atoms with E-state index in [1.54, 1.807) is 6.08 Å². The second-order valence-corrected chi connectivity index (χ2v) is 4.70. The van der Waals surface area contributed by atoms with Gasteiger partial charge in [0.05, 0.1) is 12.2 Å². The molecule has 1 aliphatic heterocycles. The molecule has 1 N–H and O–H groups in total. The quantitative estimate of drug-likeness (QED) is 0.907. The van der Waals surface area contributed by atoms with Crippen LogP contribution in [0.1, 0.15) is 24.5 Å². The average molecular weight is 305 g/mol. The normalized spacial score (nSPS) is 17.3. The molecule has 1 heterocycles. The number of aliphatic hydroxyl groups is 1. The van der Waals surface area contributed by atoms with Crippen LogP contribution in [-0.2, 0) is 4.74 Å². The van der Waals surface area contributed by atoms with Crippen LogP contribution < -0.4 is 0 Å². The van der Waals surface area contributed by atoms with Crippen molar-refractivity contribution in [2.24, 2.45) is 0 Å². The van der Waals surface area contributed by atoms with Crippen molar-refractivity contribution in [3.8, 4) is 0 Å². The first-order chi connectivity index (χ1) is 8.09. The minimum atomic E-state index is -1.39. The summed E-state index contributed by atoms with van der Waals surface area (Å²) < 4.78 is 32.7. The van der Waals surface area contributed by atoms with Crippen LogP contribution in [-0.4, -0.2) is 11.7 Å². The first-order valence-electron chi connectivity index (χ1n) is 5.25. The Labute approximate surface area is 106 Å². The zero-order valence-electron chi connectivity index (χ0n) is 8.92. The lowest BCUT2D eigenvalue weighted by atomic mass is 10.0. The van der Waals surface area contributed by atoms with Crippen LogP contribution in [0.15, 0.2) is 28.4 Å². The van der Waals surface area contributed by atoms with E-state index < -0.39 is 17.7 Å². The van der Waals surface area contributed by atoms with Gasteiger partial charge in [0.15, 0.2) is 0 Å². The summed E-state index contributed by atoms with van der Waals surface area (Å²) in [6.45, 7) is 0.461. The molecule has 0 spiro atoms. The van der Waals surface area contributed by atoms with Gasteiger partial charge in [0, 0.05) is 4.47 Å². The van der Waals surface area contributed by atoms with Gasteiger partial charge in [0.1, 0.15) is 23.5 Å². The largest absolute Gasteiger partial charge is 0.495 e. The Bertz CT molecular complexity index is 437. The van der Waals surface area contributed by atoms with E-state index in [0.717, 1.165) is 25.0 Å². The van der Waals surface area contributed by atoms with Crippen molar-refractivity contribution in [2.45, 2.75) is 18.9 Å². The third kappa shape index (κ3) is 2.66. The molecule has 1 aliphatic rings. The van der Waals surface area contributed by atoms with Gasteiger partial charge in [-0.15, -0.1) is 0 Å². The van der Waals surface area contributed by atoms with Crippen molar-refractivity contribution in [2.75, 3.05) is 6.61 Å². The summed E-state index contributed by atoms with van der Waals surface area (Å²) in [5.41, 5.74) is -0.374. The summed E-state index contributed by atoms with van der Waals surface area (Å²) in [7, 11) is 0. The second kappa shape index (κ2) is 5.14. The number of ether oxygens (including phenoxy) is 1. The number of aliphatic hydroxyl groups excluding tert-OH is 1. The third-order valence-electron chi connectivity index (χ3n) is 2.55.